The van der Waals surface area contributed by atoms with E-state index < -0.39 is 5.91 Å². The average Bonchev–Trinajstić information content (AvgIpc) is 3.28. The third-order valence-corrected chi connectivity index (χ3v) is 5.90. The number of hydrogen-bond acceptors (Lipinski definition) is 5. The first-order valence-electron chi connectivity index (χ1n) is 10.4. The summed E-state index contributed by atoms with van der Waals surface area (Å²) in [4.78, 5) is 37.7. The zero-order valence-electron chi connectivity index (χ0n) is 18.3. The minimum absolute atomic E-state index is 0.198. The smallest absolute Gasteiger partial charge is 0.311 e. The van der Waals surface area contributed by atoms with Gasteiger partial charge in [-0.05, 0) is 59.5 Å². The zero-order chi connectivity index (χ0) is 23.3. The van der Waals surface area contributed by atoms with Crippen LogP contribution < -0.4 is 15.8 Å². The Morgan fingerprint density at radius 1 is 1.03 bits per heavy atom. The van der Waals surface area contributed by atoms with E-state index in [4.69, 9.17) is 10.5 Å². The van der Waals surface area contributed by atoms with E-state index in [0.717, 1.165) is 6.42 Å². The summed E-state index contributed by atoms with van der Waals surface area (Å²) < 4.78 is 5.58. The number of carbonyl (C=O) groups excluding carboxylic acids is 3. The van der Waals surface area contributed by atoms with Crippen LogP contribution >= 0.6 is 11.3 Å². The molecule has 7 heteroatoms. The Labute approximate surface area is 191 Å². The van der Waals surface area contributed by atoms with E-state index in [1.807, 2.05) is 13.0 Å². The Bertz CT molecular complexity index is 1140. The minimum atomic E-state index is -0.666. The quantitative estimate of drug-likeness (QED) is 0.354. The molecule has 32 heavy (non-hydrogen) atoms. The van der Waals surface area contributed by atoms with Crippen LogP contribution in [0.3, 0.4) is 0 Å². The SMILES string of the molecule is Cc1c(OC(=O)CCC(C)C)cccc1-c1cccc(NC(=O)c2cccs2)c1C(N)=O. The van der Waals surface area contributed by atoms with Crippen LogP contribution in [0.5, 0.6) is 5.75 Å². The van der Waals surface area contributed by atoms with Crippen LogP contribution in [-0.2, 0) is 4.79 Å². The van der Waals surface area contributed by atoms with Gasteiger partial charge >= 0.3 is 5.97 Å². The van der Waals surface area contributed by atoms with Crippen molar-refractivity contribution in [2.24, 2.45) is 11.7 Å². The second-order valence-corrected chi connectivity index (χ2v) is 8.81. The highest BCUT2D eigenvalue weighted by atomic mass is 32.1. The van der Waals surface area contributed by atoms with E-state index >= 15 is 0 Å². The van der Waals surface area contributed by atoms with Gasteiger partial charge in [0.1, 0.15) is 5.75 Å². The van der Waals surface area contributed by atoms with E-state index in [2.05, 4.69) is 19.2 Å². The second-order valence-electron chi connectivity index (χ2n) is 7.86. The van der Waals surface area contributed by atoms with Crippen LogP contribution in [0, 0.1) is 12.8 Å². The van der Waals surface area contributed by atoms with Gasteiger partial charge < -0.3 is 15.8 Å². The van der Waals surface area contributed by atoms with Crippen molar-refractivity contribution >= 4 is 34.8 Å². The molecule has 0 saturated carbocycles. The molecular formula is C25H26N2O4S. The van der Waals surface area contributed by atoms with Crippen LogP contribution in [0.25, 0.3) is 11.1 Å². The molecule has 0 aliphatic rings. The van der Waals surface area contributed by atoms with Crippen molar-refractivity contribution in [3.8, 4) is 16.9 Å². The van der Waals surface area contributed by atoms with E-state index in [-0.39, 0.29) is 17.4 Å². The Kier molecular flexibility index (Phi) is 7.43. The molecule has 0 unspecified atom stereocenters. The lowest BCUT2D eigenvalue weighted by atomic mass is 9.94. The summed E-state index contributed by atoms with van der Waals surface area (Å²) in [6, 6.07) is 13.9. The standard InChI is InChI=1S/C25H26N2O4S/c1-15(2)12-13-22(28)31-20-10-5-7-17(16(20)3)18-8-4-9-19(23(18)24(26)29)27-25(30)21-11-6-14-32-21/h4-11,14-15H,12-13H2,1-3H3,(H2,26,29)(H,27,30). The highest BCUT2D eigenvalue weighted by Gasteiger charge is 2.20. The first-order chi connectivity index (χ1) is 15.3. The molecule has 0 aliphatic heterocycles. The van der Waals surface area contributed by atoms with Gasteiger partial charge in [0.25, 0.3) is 11.8 Å². The number of hydrogen-bond donors (Lipinski definition) is 2. The largest absolute Gasteiger partial charge is 0.426 e. The number of amides is 2. The highest BCUT2D eigenvalue weighted by Crippen LogP contribution is 2.35. The van der Waals surface area contributed by atoms with Gasteiger partial charge in [0.05, 0.1) is 16.1 Å². The molecule has 1 aromatic heterocycles. The number of esters is 1. The minimum Gasteiger partial charge on any atom is -0.426 e. The van der Waals surface area contributed by atoms with Crippen molar-refractivity contribution in [1.29, 1.82) is 0 Å². The van der Waals surface area contributed by atoms with Gasteiger partial charge in [-0.3, -0.25) is 14.4 Å². The maximum atomic E-state index is 12.5. The predicted octanol–water partition coefficient (Wildman–Crippen LogP) is 5.42. The van der Waals surface area contributed by atoms with Gasteiger partial charge in [0.2, 0.25) is 0 Å². The van der Waals surface area contributed by atoms with Crippen LogP contribution in [0.2, 0.25) is 0 Å². The zero-order valence-corrected chi connectivity index (χ0v) is 19.1. The Hall–Kier alpha value is -3.45. The molecular weight excluding hydrogens is 424 g/mol. The Morgan fingerprint density at radius 2 is 1.75 bits per heavy atom. The summed E-state index contributed by atoms with van der Waals surface area (Å²) in [5, 5.41) is 4.59. The fraction of sp³-hybridized carbons (Fsp3) is 0.240. The molecule has 6 nitrogen and oxygen atoms in total. The number of ether oxygens (including phenoxy) is 1. The number of rotatable bonds is 8. The van der Waals surface area contributed by atoms with E-state index in [1.165, 1.54) is 11.3 Å². The number of anilines is 1. The van der Waals surface area contributed by atoms with Crippen LogP contribution in [0.1, 0.15) is 52.3 Å². The lowest BCUT2D eigenvalue weighted by molar-refractivity contribution is -0.134. The number of carbonyl (C=O) groups is 3. The van der Waals surface area contributed by atoms with Crippen molar-refractivity contribution in [1.82, 2.24) is 0 Å². The summed E-state index contributed by atoms with van der Waals surface area (Å²) in [6.07, 6.45) is 1.08. The molecule has 3 aromatic rings. The van der Waals surface area contributed by atoms with E-state index in [1.54, 1.807) is 47.8 Å². The van der Waals surface area contributed by atoms with Crippen LogP contribution in [-0.4, -0.2) is 17.8 Å². The van der Waals surface area contributed by atoms with Crippen LogP contribution in [0.4, 0.5) is 5.69 Å². The molecule has 0 spiro atoms. The van der Waals surface area contributed by atoms with Crippen LogP contribution in [0.15, 0.2) is 53.9 Å². The lowest BCUT2D eigenvalue weighted by Crippen LogP contribution is -2.19. The first-order valence-corrected chi connectivity index (χ1v) is 11.2. The Morgan fingerprint density at radius 3 is 2.41 bits per heavy atom. The molecule has 0 radical (unpaired) electrons. The van der Waals surface area contributed by atoms with E-state index in [9.17, 15) is 14.4 Å². The fourth-order valence-electron chi connectivity index (χ4n) is 3.34. The maximum Gasteiger partial charge on any atom is 0.311 e. The molecule has 0 bridgehead atoms. The number of nitrogens with one attached hydrogen (secondary N) is 1. The van der Waals surface area contributed by atoms with Gasteiger partial charge in [0, 0.05) is 6.42 Å². The molecule has 2 amide bonds. The molecule has 0 aliphatic carbocycles. The van der Waals surface area contributed by atoms with Crippen molar-refractivity contribution in [2.75, 3.05) is 5.32 Å². The maximum absolute atomic E-state index is 12.5. The molecule has 3 N–H and O–H groups in total. The number of primary amides is 1. The highest BCUT2D eigenvalue weighted by molar-refractivity contribution is 7.12. The van der Waals surface area contributed by atoms with E-state index in [0.29, 0.717) is 45.3 Å². The Balaban J connectivity index is 1.96. The summed E-state index contributed by atoms with van der Waals surface area (Å²) >= 11 is 1.30. The van der Waals surface area contributed by atoms with Crippen molar-refractivity contribution < 1.29 is 19.1 Å². The number of nitrogens with two attached hydrogens (primary N) is 1. The van der Waals surface area contributed by atoms with Gasteiger partial charge in [0.15, 0.2) is 0 Å². The molecule has 0 fully saturated rings. The second kappa shape index (κ2) is 10.2. The topological polar surface area (TPSA) is 98.5 Å². The van der Waals surface area contributed by atoms with Gasteiger partial charge in [-0.15, -0.1) is 11.3 Å². The number of thiophene rings is 1. The van der Waals surface area contributed by atoms with Crippen molar-refractivity contribution in [2.45, 2.75) is 33.6 Å². The molecule has 0 saturated heterocycles. The fourth-order valence-corrected chi connectivity index (χ4v) is 3.95. The predicted molar refractivity (Wildman–Crippen MR) is 127 cm³/mol. The summed E-state index contributed by atoms with van der Waals surface area (Å²) in [5.74, 6) is -0.448. The number of benzene rings is 2. The first kappa shape index (κ1) is 23.2. The normalized spacial score (nSPS) is 10.8. The van der Waals surface area contributed by atoms with Gasteiger partial charge in [-0.25, -0.2) is 0 Å². The summed E-state index contributed by atoms with van der Waals surface area (Å²) in [5.41, 5.74) is 8.19. The monoisotopic (exact) mass is 450 g/mol. The van der Waals surface area contributed by atoms with Gasteiger partial charge in [-0.2, -0.15) is 0 Å². The molecule has 2 aromatic carbocycles. The van der Waals surface area contributed by atoms with Crippen molar-refractivity contribution in [3.63, 3.8) is 0 Å². The third kappa shape index (κ3) is 5.42. The molecule has 1 heterocycles. The third-order valence-electron chi connectivity index (χ3n) is 5.03. The summed E-state index contributed by atoms with van der Waals surface area (Å²) in [7, 11) is 0. The molecule has 166 valence electrons. The van der Waals surface area contributed by atoms with Gasteiger partial charge in [-0.1, -0.05) is 44.2 Å². The average molecular weight is 451 g/mol. The molecule has 0 atom stereocenters. The summed E-state index contributed by atoms with van der Waals surface area (Å²) in [6.45, 7) is 5.92. The molecule has 3 rings (SSSR count). The lowest BCUT2D eigenvalue weighted by Gasteiger charge is -2.16. The van der Waals surface area contributed by atoms with Crippen molar-refractivity contribution in [3.05, 3.63) is 69.9 Å².